The molecule has 0 aliphatic heterocycles. The van der Waals surface area contributed by atoms with E-state index in [9.17, 15) is 9.59 Å². The highest BCUT2D eigenvalue weighted by Crippen LogP contribution is 2.29. The van der Waals surface area contributed by atoms with Gasteiger partial charge in [0.15, 0.2) is 11.5 Å². The van der Waals surface area contributed by atoms with Gasteiger partial charge in [-0.05, 0) is 96.6 Å². The van der Waals surface area contributed by atoms with Gasteiger partial charge in [0.25, 0.3) is 0 Å². The maximum atomic E-state index is 12.9. The lowest BCUT2D eigenvalue weighted by Crippen LogP contribution is -2.40. The Morgan fingerprint density at radius 3 is 1.83 bits per heavy atom. The summed E-state index contributed by atoms with van der Waals surface area (Å²) < 4.78 is 27.4. The summed E-state index contributed by atoms with van der Waals surface area (Å²) in [7, 11) is 2.98. The van der Waals surface area contributed by atoms with Crippen molar-refractivity contribution in [1.82, 2.24) is 5.43 Å². The van der Waals surface area contributed by atoms with Gasteiger partial charge < -0.3 is 23.7 Å². The molecule has 0 fully saturated rings. The molecule has 0 saturated heterocycles. The molecule has 0 aromatic heterocycles. The third-order valence-corrected chi connectivity index (χ3v) is 5.94. The van der Waals surface area contributed by atoms with Gasteiger partial charge in [-0.2, -0.15) is 5.10 Å². The second-order valence-corrected chi connectivity index (χ2v) is 9.11. The Morgan fingerprint density at radius 1 is 0.732 bits per heavy atom. The second kappa shape index (κ2) is 14.1. The molecule has 0 bridgehead atoms. The van der Waals surface area contributed by atoms with Gasteiger partial charge in [0.05, 0.1) is 26.0 Å². The average molecular weight is 595 g/mol. The van der Waals surface area contributed by atoms with Crippen LogP contribution in [-0.4, -0.2) is 38.6 Å². The fourth-order valence-electron chi connectivity index (χ4n) is 3.36. The second-order valence-electron chi connectivity index (χ2n) is 8.24. The van der Waals surface area contributed by atoms with Crippen LogP contribution < -0.4 is 29.1 Å². The number of halogens is 2. The van der Waals surface area contributed by atoms with Crippen LogP contribution in [0.4, 0.5) is 0 Å². The van der Waals surface area contributed by atoms with Gasteiger partial charge in [0, 0.05) is 10.0 Å². The van der Waals surface area contributed by atoms with E-state index in [4.69, 9.17) is 46.9 Å². The van der Waals surface area contributed by atoms with Crippen molar-refractivity contribution in [2.45, 2.75) is 6.29 Å². The first-order valence-electron chi connectivity index (χ1n) is 12.1. The SMILES string of the molecule is COc1ccc(C(=O)Oc2ccc(/C=N/NC(=O)C(Oc3ccc(Cl)cc3)Oc3ccc(Cl)cc3)cc2OC)cc1. The zero-order valence-electron chi connectivity index (χ0n) is 21.9. The average Bonchev–Trinajstić information content (AvgIpc) is 2.99. The van der Waals surface area contributed by atoms with E-state index in [0.29, 0.717) is 38.4 Å². The number of methoxy groups -OCH3 is 2. The molecule has 0 atom stereocenters. The van der Waals surface area contributed by atoms with Crippen molar-refractivity contribution >= 4 is 41.3 Å². The first-order valence-corrected chi connectivity index (χ1v) is 12.8. The van der Waals surface area contributed by atoms with E-state index >= 15 is 0 Å². The molecule has 9 nitrogen and oxygen atoms in total. The minimum atomic E-state index is -1.39. The van der Waals surface area contributed by atoms with Crippen LogP contribution in [0.15, 0.2) is 96.1 Å². The van der Waals surface area contributed by atoms with Crippen LogP contribution in [0.25, 0.3) is 0 Å². The Bertz CT molecular complexity index is 1460. The summed E-state index contributed by atoms with van der Waals surface area (Å²) in [6.07, 6.45) is 0.000658. The molecule has 210 valence electrons. The number of hydrogen-bond acceptors (Lipinski definition) is 8. The maximum Gasteiger partial charge on any atom is 0.343 e. The third-order valence-electron chi connectivity index (χ3n) is 5.43. The van der Waals surface area contributed by atoms with Crippen molar-refractivity contribution in [2.24, 2.45) is 5.10 Å². The summed E-state index contributed by atoms with van der Waals surface area (Å²) in [6, 6.07) is 24.2. The number of ether oxygens (including phenoxy) is 5. The van der Waals surface area contributed by atoms with E-state index in [0.717, 1.165) is 0 Å². The number of nitrogens with one attached hydrogen (secondary N) is 1. The van der Waals surface area contributed by atoms with Crippen molar-refractivity contribution in [1.29, 1.82) is 0 Å². The van der Waals surface area contributed by atoms with Gasteiger partial charge in [-0.25, -0.2) is 10.2 Å². The Balaban J connectivity index is 1.43. The summed E-state index contributed by atoms with van der Waals surface area (Å²) >= 11 is 11.9. The van der Waals surface area contributed by atoms with Crippen molar-refractivity contribution in [3.05, 3.63) is 112 Å². The van der Waals surface area contributed by atoms with Crippen LogP contribution >= 0.6 is 23.2 Å². The summed E-state index contributed by atoms with van der Waals surface area (Å²) in [4.78, 5) is 25.5. The van der Waals surface area contributed by atoms with E-state index in [1.807, 2.05) is 0 Å². The number of nitrogens with zero attached hydrogens (tertiary/aromatic N) is 1. The summed E-state index contributed by atoms with van der Waals surface area (Å²) in [6.45, 7) is 0. The maximum absolute atomic E-state index is 12.9. The highest BCUT2D eigenvalue weighted by atomic mass is 35.5. The number of hydrazone groups is 1. The zero-order valence-corrected chi connectivity index (χ0v) is 23.4. The number of carbonyl (C=O) groups is 2. The number of hydrogen-bond donors (Lipinski definition) is 1. The minimum Gasteiger partial charge on any atom is -0.497 e. The first-order chi connectivity index (χ1) is 19.8. The van der Waals surface area contributed by atoms with Crippen molar-refractivity contribution in [3.8, 4) is 28.7 Å². The van der Waals surface area contributed by atoms with E-state index in [1.54, 1.807) is 91.0 Å². The molecule has 1 N–H and O–H groups in total. The Labute approximate surface area is 246 Å². The molecule has 4 rings (SSSR count). The molecule has 0 radical (unpaired) electrons. The van der Waals surface area contributed by atoms with Crippen LogP contribution in [-0.2, 0) is 4.79 Å². The number of carbonyl (C=O) groups excluding carboxylic acids is 2. The molecule has 4 aromatic rings. The normalized spacial score (nSPS) is 10.8. The fourth-order valence-corrected chi connectivity index (χ4v) is 3.61. The molecule has 0 aliphatic rings. The molecular weight excluding hydrogens is 571 g/mol. The van der Waals surface area contributed by atoms with E-state index in [-0.39, 0.29) is 11.5 Å². The number of rotatable bonds is 11. The van der Waals surface area contributed by atoms with Gasteiger partial charge in [-0.3, -0.25) is 4.79 Å². The molecule has 0 aliphatic carbocycles. The molecule has 11 heteroatoms. The van der Waals surface area contributed by atoms with Crippen LogP contribution in [0.5, 0.6) is 28.7 Å². The predicted molar refractivity (Wildman–Crippen MR) is 155 cm³/mol. The molecule has 0 saturated carbocycles. The summed E-state index contributed by atoms with van der Waals surface area (Å²) in [5, 5.41) is 5.03. The molecule has 0 heterocycles. The Kier molecular flexibility index (Phi) is 10.0. The van der Waals surface area contributed by atoms with Gasteiger partial charge in [-0.15, -0.1) is 0 Å². The van der Waals surface area contributed by atoms with Crippen molar-refractivity contribution in [2.75, 3.05) is 14.2 Å². The van der Waals surface area contributed by atoms with Crippen molar-refractivity contribution < 1.29 is 33.3 Å². The first kappa shape index (κ1) is 29.3. The monoisotopic (exact) mass is 594 g/mol. The smallest absolute Gasteiger partial charge is 0.343 e. The van der Waals surface area contributed by atoms with Gasteiger partial charge in [0.1, 0.15) is 17.2 Å². The Hall–Kier alpha value is -4.73. The zero-order chi connectivity index (χ0) is 29.2. The van der Waals surface area contributed by atoms with Crippen LogP contribution in [0.3, 0.4) is 0 Å². The van der Waals surface area contributed by atoms with Gasteiger partial charge in [0.2, 0.25) is 0 Å². The van der Waals surface area contributed by atoms with Gasteiger partial charge in [-0.1, -0.05) is 23.2 Å². The largest absolute Gasteiger partial charge is 0.497 e. The topological polar surface area (TPSA) is 105 Å². The van der Waals surface area contributed by atoms with E-state index < -0.39 is 18.2 Å². The fraction of sp³-hybridized carbons (Fsp3) is 0.100. The standard InChI is InChI=1S/C30H24Cl2N2O7/c1-37-23-10-4-20(5-11-23)29(36)41-26-16-3-19(17-27(26)38-2)18-33-34-28(35)30(39-24-12-6-21(31)7-13-24)40-25-14-8-22(32)9-15-25/h3-18,30H,1-2H3,(H,34,35)/b33-18+. The highest BCUT2D eigenvalue weighted by molar-refractivity contribution is 6.30. The van der Waals surface area contributed by atoms with E-state index in [2.05, 4.69) is 10.5 Å². The lowest BCUT2D eigenvalue weighted by atomic mass is 10.2. The highest BCUT2D eigenvalue weighted by Gasteiger charge is 2.23. The lowest BCUT2D eigenvalue weighted by molar-refractivity contribution is -0.140. The molecule has 0 spiro atoms. The predicted octanol–water partition coefficient (Wildman–Crippen LogP) is 6.16. The van der Waals surface area contributed by atoms with Crippen LogP contribution in [0, 0.1) is 0 Å². The summed E-state index contributed by atoms with van der Waals surface area (Å²) in [5.41, 5.74) is 3.30. The minimum absolute atomic E-state index is 0.210. The van der Waals surface area contributed by atoms with Gasteiger partial charge >= 0.3 is 18.2 Å². The lowest BCUT2D eigenvalue weighted by Gasteiger charge is -2.19. The van der Waals surface area contributed by atoms with Crippen molar-refractivity contribution in [3.63, 3.8) is 0 Å². The quantitative estimate of drug-likeness (QED) is 0.0728. The molecule has 4 aromatic carbocycles. The molecule has 41 heavy (non-hydrogen) atoms. The van der Waals surface area contributed by atoms with Crippen LogP contribution in [0.1, 0.15) is 15.9 Å². The Morgan fingerprint density at radius 2 is 1.29 bits per heavy atom. The van der Waals surface area contributed by atoms with Crippen LogP contribution in [0.2, 0.25) is 10.0 Å². The molecule has 0 unspecified atom stereocenters. The van der Waals surface area contributed by atoms with E-state index in [1.165, 1.54) is 20.4 Å². The summed E-state index contributed by atoms with van der Waals surface area (Å²) in [5.74, 6) is 0.595. The number of esters is 1. The number of benzene rings is 4. The number of amides is 1. The molecular formula is C30H24Cl2N2O7. The third kappa shape index (κ3) is 8.38. The molecule has 1 amide bonds.